The van der Waals surface area contributed by atoms with E-state index in [1.807, 2.05) is 31.2 Å². The van der Waals surface area contributed by atoms with Gasteiger partial charge in [0.15, 0.2) is 0 Å². The summed E-state index contributed by atoms with van der Waals surface area (Å²) in [5, 5.41) is 0.702. The van der Waals surface area contributed by atoms with Crippen molar-refractivity contribution < 1.29 is 4.79 Å². The van der Waals surface area contributed by atoms with E-state index in [9.17, 15) is 4.79 Å². The summed E-state index contributed by atoms with van der Waals surface area (Å²) >= 11 is 6.03. The van der Waals surface area contributed by atoms with Crippen molar-refractivity contribution in [1.29, 1.82) is 0 Å². The van der Waals surface area contributed by atoms with Crippen LogP contribution in [0.3, 0.4) is 0 Å². The van der Waals surface area contributed by atoms with Gasteiger partial charge in [-0.3, -0.25) is 4.79 Å². The van der Waals surface area contributed by atoms with Crippen molar-refractivity contribution in [2.24, 2.45) is 0 Å². The topological polar surface area (TPSA) is 20.3 Å². The highest BCUT2D eigenvalue weighted by molar-refractivity contribution is 6.31. The van der Waals surface area contributed by atoms with Crippen LogP contribution in [-0.4, -0.2) is 17.9 Å². The molecule has 1 rings (SSSR count). The Morgan fingerprint density at radius 2 is 2.00 bits per heavy atom. The van der Waals surface area contributed by atoms with Crippen LogP contribution in [0.15, 0.2) is 24.3 Å². The van der Waals surface area contributed by atoms with Crippen molar-refractivity contribution in [3.05, 3.63) is 34.9 Å². The number of carbonyl (C=O) groups excluding carboxylic acids is 1. The number of hydrogen-bond donors (Lipinski definition) is 0. The predicted octanol–water partition coefficient (Wildman–Crippen LogP) is 2.88. The van der Waals surface area contributed by atoms with E-state index in [0.717, 1.165) is 5.56 Å². The summed E-state index contributed by atoms with van der Waals surface area (Å²) in [6.07, 6.45) is 0. The molecule has 0 saturated carbocycles. The van der Waals surface area contributed by atoms with Gasteiger partial charge >= 0.3 is 0 Å². The molecule has 1 atom stereocenters. The number of rotatable bonds is 2. The Morgan fingerprint density at radius 1 is 1.43 bits per heavy atom. The zero-order valence-electron chi connectivity index (χ0n) is 8.62. The van der Waals surface area contributed by atoms with Gasteiger partial charge in [0.2, 0.25) is 5.91 Å². The lowest BCUT2D eigenvalue weighted by Crippen LogP contribution is -2.27. The Balaban J connectivity index is 2.94. The summed E-state index contributed by atoms with van der Waals surface area (Å²) < 4.78 is 0. The maximum atomic E-state index is 11.2. The molecular formula is C11H14ClNO. The summed E-state index contributed by atoms with van der Waals surface area (Å²) in [6.45, 7) is 3.51. The largest absolute Gasteiger partial charge is 0.339 e. The summed E-state index contributed by atoms with van der Waals surface area (Å²) in [5.41, 5.74) is 0.979. The molecule has 0 heterocycles. The van der Waals surface area contributed by atoms with Crippen LogP contribution in [0.1, 0.15) is 25.5 Å². The standard InChI is InChI=1S/C11H14ClNO/c1-8(13(3)9(2)14)10-6-4-5-7-11(10)12/h4-8H,1-3H3/t8-/m1/s1. The molecule has 0 bridgehead atoms. The summed E-state index contributed by atoms with van der Waals surface area (Å²) in [7, 11) is 1.77. The van der Waals surface area contributed by atoms with E-state index in [1.165, 1.54) is 0 Å². The average molecular weight is 212 g/mol. The molecule has 0 aliphatic carbocycles. The van der Waals surface area contributed by atoms with Gasteiger partial charge in [-0.25, -0.2) is 0 Å². The van der Waals surface area contributed by atoms with Crippen molar-refractivity contribution in [2.45, 2.75) is 19.9 Å². The van der Waals surface area contributed by atoms with Gasteiger partial charge in [-0.2, -0.15) is 0 Å². The molecule has 0 aliphatic heterocycles. The van der Waals surface area contributed by atoms with E-state index in [4.69, 9.17) is 11.6 Å². The van der Waals surface area contributed by atoms with Gasteiger partial charge in [0.25, 0.3) is 0 Å². The Labute approximate surface area is 89.5 Å². The lowest BCUT2D eigenvalue weighted by atomic mass is 10.1. The Bertz CT molecular complexity index is 338. The van der Waals surface area contributed by atoms with E-state index in [2.05, 4.69) is 0 Å². The second kappa shape index (κ2) is 4.47. The molecule has 76 valence electrons. The van der Waals surface area contributed by atoms with Crippen molar-refractivity contribution in [1.82, 2.24) is 4.90 Å². The highest BCUT2D eigenvalue weighted by Gasteiger charge is 2.15. The predicted molar refractivity (Wildman–Crippen MR) is 58.3 cm³/mol. The van der Waals surface area contributed by atoms with Gasteiger partial charge in [0.1, 0.15) is 0 Å². The molecule has 0 aliphatic rings. The third kappa shape index (κ3) is 2.26. The fourth-order valence-electron chi connectivity index (χ4n) is 1.30. The van der Waals surface area contributed by atoms with E-state index >= 15 is 0 Å². The fourth-order valence-corrected chi connectivity index (χ4v) is 1.59. The molecule has 0 unspecified atom stereocenters. The lowest BCUT2D eigenvalue weighted by Gasteiger charge is -2.24. The highest BCUT2D eigenvalue weighted by atomic mass is 35.5. The quantitative estimate of drug-likeness (QED) is 0.737. The number of halogens is 1. The Kier molecular flexibility index (Phi) is 3.53. The second-order valence-corrected chi connectivity index (χ2v) is 3.73. The van der Waals surface area contributed by atoms with E-state index in [0.29, 0.717) is 5.02 Å². The van der Waals surface area contributed by atoms with Crippen LogP contribution in [0.2, 0.25) is 5.02 Å². The summed E-state index contributed by atoms with van der Waals surface area (Å²) in [4.78, 5) is 12.8. The fraction of sp³-hybridized carbons (Fsp3) is 0.364. The van der Waals surface area contributed by atoms with Crippen LogP contribution >= 0.6 is 11.6 Å². The number of amides is 1. The third-order valence-corrected chi connectivity index (χ3v) is 2.78. The minimum atomic E-state index is 0.0150. The van der Waals surface area contributed by atoms with Gasteiger partial charge < -0.3 is 4.90 Å². The first-order valence-corrected chi connectivity index (χ1v) is 4.89. The molecular weight excluding hydrogens is 198 g/mol. The van der Waals surface area contributed by atoms with Gasteiger partial charge in [0, 0.05) is 19.0 Å². The first kappa shape index (κ1) is 11.1. The van der Waals surface area contributed by atoms with Gasteiger partial charge in [-0.1, -0.05) is 29.8 Å². The molecule has 2 nitrogen and oxygen atoms in total. The number of carbonyl (C=O) groups is 1. The zero-order chi connectivity index (χ0) is 10.7. The first-order chi connectivity index (χ1) is 6.54. The van der Waals surface area contributed by atoms with Crippen molar-refractivity contribution in [3.8, 4) is 0 Å². The molecule has 0 spiro atoms. The maximum Gasteiger partial charge on any atom is 0.219 e. The molecule has 0 fully saturated rings. The molecule has 0 saturated heterocycles. The van der Waals surface area contributed by atoms with E-state index in [1.54, 1.807) is 18.9 Å². The Morgan fingerprint density at radius 3 is 2.50 bits per heavy atom. The highest BCUT2D eigenvalue weighted by Crippen LogP contribution is 2.25. The van der Waals surface area contributed by atoms with E-state index in [-0.39, 0.29) is 11.9 Å². The summed E-state index contributed by atoms with van der Waals surface area (Å²) in [6, 6.07) is 7.59. The zero-order valence-corrected chi connectivity index (χ0v) is 9.38. The SMILES string of the molecule is CC(=O)N(C)[C@H](C)c1ccccc1Cl. The van der Waals surface area contributed by atoms with Gasteiger partial charge in [-0.05, 0) is 18.6 Å². The average Bonchev–Trinajstić information content (AvgIpc) is 2.16. The normalized spacial score (nSPS) is 12.3. The molecule has 0 aromatic heterocycles. The first-order valence-electron chi connectivity index (χ1n) is 4.52. The smallest absolute Gasteiger partial charge is 0.219 e. The number of hydrogen-bond acceptors (Lipinski definition) is 1. The van der Waals surface area contributed by atoms with Crippen LogP contribution < -0.4 is 0 Å². The lowest BCUT2D eigenvalue weighted by molar-refractivity contribution is -0.129. The van der Waals surface area contributed by atoms with Crippen LogP contribution in [0.5, 0.6) is 0 Å². The number of nitrogens with zero attached hydrogens (tertiary/aromatic N) is 1. The summed E-state index contributed by atoms with van der Waals surface area (Å²) in [5.74, 6) is 0.0393. The van der Waals surface area contributed by atoms with Crippen LogP contribution in [0.25, 0.3) is 0 Å². The second-order valence-electron chi connectivity index (χ2n) is 3.33. The van der Waals surface area contributed by atoms with Crippen molar-refractivity contribution in [2.75, 3.05) is 7.05 Å². The number of benzene rings is 1. The molecule has 3 heteroatoms. The van der Waals surface area contributed by atoms with Crippen LogP contribution in [0.4, 0.5) is 0 Å². The minimum absolute atomic E-state index is 0.0150. The molecule has 14 heavy (non-hydrogen) atoms. The van der Waals surface area contributed by atoms with Gasteiger partial charge in [0.05, 0.1) is 6.04 Å². The van der Waals surface area contributed by atoms with E-state index < -0.39 is 0 Å². The Hall–Kier alpha value is -1.02. The van der Waals surface area contributed by atoms with Gasteiger partial charge in [-0.15, -0.1) is 0 Å². The monoisotopic (exact) mass is 211 g/mol. The molecule has 1 amide bonds. The minimum Gasteiger partial charge on any atom is -0.339 e. The molecule has 1 aromatic rings. The molecule has 1 aromatic carbocycles. The van der Waals surface area contributed by atoms with Crippen molar-refractivity contribution in [3.63, 3.8) is 0 Å². The molecule has 0 N–H and O–H groups in total. The van der Waals surface area contributed by atoms with Crippen molar-refractivity contribution >= 4 is 17.5 Å². The van der Waals surface area contributed by atoms with Crippen LogP contribution in [0, 0.1) is 0 Å². The third-order valence-electron chi connectivity index (χ3n) is 2.43. The molecule has 0 radical (unpaired) electrons. The maximum absolute atomic E-state index is 11.2. The van der Waals surface area contributed by atoms with Crippen LogP contribution in [-0.2, 0) is 4.79 Å².